The van der Waals surface area contributed by atoms with E-state index in [9.17, 15) is 14.7 Å². The fourth-order valence-electron chi connectivity index (χ4n) is 4.14. The van der Waals surface area contributed by atoms with Gasteiger partial charge in [0.1, 0.15) is 5.92 Å². The zero-order chi connectivity index (χ0) is 19.3. The second-order valence-corrected chi connectivity index (χ2v) is 7.02. The van der Waals surface area contributed by atoms with Gasteiger partial charge in [0, 0.05) is 13.1 Å². The second kappa shape index (κ2) is 6.57. The summed E-state index contributed by atoms with van der Waals surface area (Å²) in [5.74, 6) is -3.18. The number of nitrogens with one attached hydrogen (secondary N) is 1. The third-order valence-corrected chi connectivity index (χ3v) is 5.49. The van der Waals surface area contributed by atoms with Crippen molar-refractivity contribution < 1.29 is 28.8 Å². The minimum Gasteiger partial charge on any atom is -0.481 e. The van der Waals surface area contributed by atoms with Gasteiger partial charge >= 0.3 is 5.97 Å². The first-order valence-electron chi connectivity index (χ1n) is 9.09. The Labute approximate surface area is 159 Å². The summed E-state index contributed by atoms with van der Waals surface area (Å²) < 4.78 is 15.9. The van der Waals surface area contributed by atoms with Gasteiger partial charge in [-0.05, 0) is 22.4 Å². The number of morpholine rings is 1. The lowest BCUT2D eigenvalue weighted by Crippen LogP contribution is -2.39. The number of aromatic nitrogens is 2. The third-order valence-electron chi connectivity index (χ3n) is 5.49. The van der Waals surface area contributed by atoms with Gasteiger partial charge < -0.3 is 24.8 Å². The van der Waals surface area contributed by atoms with Crippen LogP contribution in [0.2, 0.25) is 0 Å². The van der Waals surface area contributed by atoms with Crippen LogP contribution in [-0.2, 0) is 19.1 Å². The predicted octanol–water partition coefficient (Wildman–Crippen LogP) is 0.652. The maximum absolute atomic E-state index is 12.9. The zero-order valence-corrected chi connectivity index (χ0v) is 14.8. The maximum Gasteiger partial charge on any atom is 0.310 e. The van der Waals surface area contributed by atoms with Gasteiger partial charge in [-0.25, -0.2) is 4.63 Å². The minimum absolute atomic E-state index is 0.420. The molecule has 146 valence electrons. The summed E-state index contributed by atoms with van der Waals surface area (Å²) in [5.41, 5.74) is 2.24. The molecule has 3 aliphatic rings. The molecule has 0 saturated carbocycles. The fraction of sp³-hybridized carbons (Fsp3) is 0.444. The van der Waals surface area contributed by atoms with Gasteiger partial charge in [-0.2, -0.15) is 0 Å². The average Bonchev–Trinajstić information content (AvgIpc) is 3.44. The number of carbonyl (C=O) groups excluding carboxylic acids is 1. The molecule has 5 rings (SSSR count). The van der Waals surface area contributed by atoms with Crippen LogP contribution < -0.4 is 10.2 Å². The van der Waals surface area contributed by atoms with Crippen LogP contribution in [0.3, 0.4) is 0 Å². The largest absolute Gasteiger partial charge is 0.481 e. The van der Waals surface area contributed by atoms with Crippen molar-refractivity contribution >= 4 is 34.3 Å². The van der Waals surface area contributed by atoms with Gasteiger partial charge in [-0.1, -0.05) is 12.2 Å². The van der Waals surface area contributed by atoms with Crippen molar-refractivity contribution in [3.63, 3.8) is 0 Å². The Hall–Kier alpha value is -2.98. The molecular weight excluding hydrogens is 368 g/mol. The van der Waals surface area contributed by atoms with Crippen molar-refractivity contribution in [3.05, 3.63) is 24.3 Å². The molecule has 2 saturated heterocycles. The standard InChI is InChI=1S/C18H18N4O6/c23-17(13-11-3-4-12(27-11)14(13)18(24)25)19-9-1-2-10(16-15(9)20-28-21-16)22-5-7-26-8-6-22/h1-4,11-14H,5-8H2,(H,19,23)(H,24,25)/t11-,12-,13-,14+/m1/s1. The summed E-state index contributed by atoms with van der Waals surface area (Å²) in [7, 11) is 0. The topological polar surface area (TPSA) is 127 Å². The zero-order valence-electron chi connectivity index (χ0n) is 14.8. The fourth-order valence-corrected chi connectivity index (χ4v) is 4.14. The molecular formula is C18H18N4O6. The molecule has 0 unspecified atom stereocenters. The number of hydrogen-bond acceptors (Lipinski definition) is 8. The van der Waals surface area contributed by atoms with E-state index in [1.54, 1.807) is 18.2 Å². The SMILES string of the molecule is O=C(O)[C@@H]1[C@H](C(=O)Nc2ccc(N3CCOCC3)c3nonc23)[C@H]2C=C[C@H]1O2. The summed E-state index contributed by atoms with van der Waals surface area (Å²) in [5, 5.41) is 20.2. The van der Waals surface area contributed by atoms with Crippen LogP contribution in [0.1, 0.15) is 0 Å². The van der Waals surface area contributed by atoms with Gasteiger partial charge in [0.25, 0.3) is 0 Å². The molecule has 2 N–H and O–H groups in total. The minimum atomic E-state index is -1.05. The Morgan fingerprint density at radius 1 is 1.07 bits per heavy atom. The van der Waals surface area contributed by atoms with Crippen molar-refractivity contribution in [2.45, 2.75) is 12.2 Å². The first kappa shape index (κ1) is 17.1. The second-order valence-electron chi connectivity index (χ2n) is 7.02. The molecule has 2 bridgehead atoms. The van der Waals surface area contributed by atoms with Crippen LogP contribution in [0, 0.1) is 11.8 Å². The molecule has 3 aliphatic heterocycles. The molecule has 1 aromatic heterocycles. The summed E-state index contributed by atoms with van der Waals surface area (Å²) in [6, 6.07) is 3.58. The number of carboxylic acids is 1. The normalized spacial score (nSPS) is 28.8. The Bertz CT molecular complexity index is 966. The van der Waals surface area contributed by atoms with Crippen molar-refractivity contribution in [1.29, 1.82) is 0 Å². The first-order chi connectivity index (χ1) is 13.6. The Balaban J connectivity index is 1.43. The summed E-state index contributed by atoms with van der Waals surface area (Å²) in [6.07, 6.45) is 2.33. The highest BCUT2D eigenvalue weighted by Crippen LogP contribution is 2.40. The Morgan fingerprint density at radius 3 is 2.54 bits per heavy atom. The summed E-state index contributed by atoms with van der Waals surface area (Å²) in [6.45, 7) is 2.70. The van der Waals surface area contributed by atoms with Gasteiger partial charge in [0.2, 0.25) is 5.91 Å². The maximum atomic E-state index is 12.9. The van der Waals surface area contributed by atoms with Crippen LogP contribution in [0.15, 0.2) is 28.9 Å². The Morgan fingerprint density at radius 2 is 1.79 bits per heavy atom. The van der Waals surface area contributed by atoms with Gasteiger partial charge in [0.05, 0.1) is 42.7 Å². The molecule has 1 amide bonds. The number of aliphatic carboxylic acids is 1. The van der Waals surface area contributed by atoms with Crippen LogP contribution in [-0.4, -0.2) is 65.8 Å². The molecule has 2 fully saturated rings. The highest BCUT2D eigenvalue weighted by molar-refractivity contribution is 6.04. The molecule has 10 heteroatoms. The highest BCUT2D eigenvalue weighted by Gasteiger charge is 2.53. The lowest BCUT2D eigenvalue weighted by atomic mass is 9.82. The number of amides is 1. The quantitative estimate of drug-likeness (QED) is 0.728. The van der Waals surface area contributed by atoms with Crippen molar-refractivity contribution in [2.24, 2.45) is 11.8 Å². The summed E-state index contributed by atoms with van der Waals surface area (Å²) in [4.78, 5) is 26.6. The van der Waals surface area contributed by atoms with E-state index in [4.69, 9.17) is 14.1 Å². The number of anilines is 2. The first-order valence-corrected chi connectivity index (χ1v) is 9.09. The van der Waals surface area contributed by atoms with E-state index in [1.807, 2.05) is 6.07 Å². The third kappa shape index (κ3) is 2.64. The van der Waals surface area contributed by atoms with Crippen LogP contribution >= 0.6 is 0 Å². The van der Waals surface area contributed by atoms with Crippen LogP contribution in [0.5, 0.6) is 0 Å². The van der Waals surface area contributed by atoms with Gasteiger partial charge in [-0.3, -0.25) is 9.59 Å². The number of carbonyl (C=O) groups is 2. The molecule has 28 heavy (non-hydrogen) atoms. The number of hydrogen-bond donors (Lipinski definition) is 2. The van der Waals surface area contributed by atoms with Crippen molar-refractivity contribution in [3.8, 4) is 0 Å². The van der Waals surface area contributed by atoms with E-state index in [0.29, 0.717) is 29.9 Å². The number of fused-ring (bicyclic) bond motifs is 3. The summed E-state index contributed by atoms with van der Waals surface area (Å²) >= 11 is 0. The molecule has 4 heterocycles. The van der Waals surface area contributed by atoms with Gasteiger partial charge in [0.15, 0.2) is 11.0 Å². The van der Waals surface area contributed by atoms with Gasteiger partial charge in [-0.15, -0.1) is 0 Å². The molecule has 1 aromatic carbocycles. The lowest BCUT2D eigenvalue weighted by Gasteiger charge is -2.29. The van der Waals surface area contributed by atoms with E-state index >= 15 is 0 Å². The molecule has 10 nitrogen and oxygen atoms in total. The number of rotatable bonds is 4. The molecule has 0 aliphatic carbocycles. The van der Waals surface area contributed by atoms with E-state index < -0.39 is 35.9 Å². The van der Waals surface area contributed by atoms with E-state index in [0.717, 1.165) is 18.8 Å². The average molecular weight is 386 g/mol. The molecule has 2 aromatic rings. The number of carboxylic acid groups (broad SMARTS) is 1. The smallest absolute Gasteiger partial charge is 0.310 e. The monoisotopic (exact) mass is 386 g/mol. The van der Waals surface area contributed by atoms with Crippen molar-refractivity contribution in [1.82, 2.24) is 10.3 Å². The number of ether oxygens (including phenoxy) is 2. The highest BCUT2D eigenvalue weighted by atomic mass is 16.6. The molecule has 0 radical (unpaired) electrons. The molecule has 4 atom stereocenters. The molecule has 0 spiro atoms. The number of nitrogens with zero attached hydrogens (tertiary/aromatic N) is 3. The van der Waals surface area contributed by atoms with E-state index in [2.05, 4.69) is 20.5 Å². The Kier molecular flexibility index (Phi) is 4.02. The van der Waals surface area contributed by atoms with Crippen LogP contribution in [0.4, 0.5) is 11.4 Å². The van der Waals surface area contributed by atoms with E-state index in [-0.39, 0.29) is 0 Å². The predicted molar refractivity (Wildman–Crippen MR) is 95.9 cm³/mol. The lowest BCUT2D eigenvalue weighted by molar-refractivity contribution is -0.145. The van der Waals surface area contributed by atoms with Crippen molar-refractivity contribution in [2.75, 3.05) is 36.5 Å². The number of benzene rings is 1. The van der Waals surface area contributed by atoms with Crippen LogP contribution in [0.25, 0.3) is 11.0 Å². The van der Waals surface area contributed by atoms with E-state index in [1.165, 1.54) is 0 Å².